The van der Waals surface area contributed by atoms with Gasteiger partial charge in [-0.1, -0.05) is 15.9 Å². The molecule has 0 aromatic heterocycles. The molecule has 54 valence electrons. The Hall–Kier alpha value is 0.390. The van der Waals surface area contributed by atoms with Crippen LogP contribution in [-0.4, -0.2) is 36.0 Å². The van der Waals surface area contributed by atoms with Crippen LogP contribution in [0.5, 0.6) is 0 Å². The maximum atomic E-state index is 10.7. The van der Waals surface area contributed by atoms with Crippen LogP contribution in [0.4, 0.5) is 0 Å². The summed E-state index contributed by atoms with van der Waals surface area (Å²) in [6.07, 6.45) is -0.713. The minimum atomic E-state index is -2.94. The highest BCUT2D eigenvalue weighted by molar-refractivity contribution is 9.09. The van der Waals surface area contributed by atoms with Crippen molar-refractivity contribution in [1.29, 1.82) is 0 Å². The molecule has 0 amide bonds. The van der Waals surface area contributed by atoms with E-state index in [1.165, 1.54) is 0 Å². The third kappa shape index (κ3) is 1.65. The predicted molar refractivity (Wildman–Crippen MR) is 37.4 cm³/mol. The fourth-order valence-corrected chi connectivity index (χ4v) is 4.02. The standard InChI is InChI=1S/C4H7BrO3S/c5-3-1-9(7,8)2-4(3)6/h3-4,6H,1-2H2/t3-,4-/m1/s1. The molecule has 9 heavy (non-hydrogen) atoms. The molecule has 1 saturated heterocycles. The van der Waals surface area contributed by atoms with Crippen molar-refractivity contribution in [3.8, 4) is 0 Å². The van der Waals surface area contributed by atoms with E-state index in [1.807, 2.05) is 0 Å². The zero-order chi connectivity index (χ0) is 7.07. The summed E-state index contributed by atoms with van der Waals surface area (Å²) in [5, 5.41) is 8.91. The van der Waals surface area contributed by atoms with E-state index in [9.17, 15) is 8.42 Å². The van der Waals surface area contributed by atoms with Gasteiger partial charge < -0.3 is 5.11 Å². The van der Waals surface area contributed by atoms with Crippen molar-refractivity contribution in [2.45, 2.75) is 10.9 Å². The van der Waals surface area contributed by atoms with Crippen molar-refractivity contribution in [3.63, 3.8) is 0 Å². The normalized spacial score (nSPS) is 41.1. The van der Waals surface area contributed by atoms with Crippen LogP contribution in [0.2, 0.25) is 0 Å². The van der Waals surface area contributed by atoms with Gasteiger partial charge in [0.1, 0.15) is 0 Å². The lowest BCUT2D eigenvalue weighted by Gasteiger charge is -1.99. The van der Waals surface area contributed by atoms with Crippen LogP contribution in [-0.2, 0) is 9.84 Å². The Bertz CT molecular complexity index is 182. The van der Waals surface area contributed by atoms with Gasteiger partial charge in [-0.15, -0.1) is 0 Å². The van der Waals surface area contributed by atoms with Gasteiger partial charge in [-0.05, 0) is 0 Å². The molecular formula is C4H7BrO3S. The lowest BCUT2D eigenvalue weighted by molar-refractivity contribution is 0.209. The third-order valence-electron chi connectivity index (χ3n) is 1.26. The second-order valence-corrected chi connectivity index (χ2v) is 5.49. The maximum Gasteiger partial charge on any atom is 0.154 e. The number of hydrogen-bond acceptors (Lipinski definition) is 3. The molecule has 3 nitrogen and oxygen atoms in total. The van der Waals surface area contributed by atoms with E-state index < -0.39 is 15.9 Å². The predicted octanol–water partition coefficient (Wildman–Crippen LogP) is -0.461. The van der Waals surface area contributed by atoms with Crippen LogP contribution < -0.4 is 0 Å². The molecule has 0 bridgehead atoms. The van der Waals surface area contributed by atoms with Crippen LogP contribution in [0.3, 0.4) is 0 Å². The fourth-order valence-electron chi connectivity index (χ4n) is 0.786. The summed E-state index contributed by atoms with van der Waals surface area (Å²) in [7, 11) is -2.94. The van der Waals surface area contributed by atoms with Crippen LogP contribution >= 0.6 is 15.9 Å². The first-order chi connectivity index (χ1) is 4.01. The van der Waals surface area contributed by atoms with Crippen molar-refractivity contribution in [1.82, 2.24) is 0 Å². The number of aliphatic hydroxyl groups is 1. The van der Waals surface area contributed by atoms with Gasteiger partial charge in [0.15, 0.2) is 9.84 Å². The Kier molecular flexibility index (Phi) is 1.84. The SMILES string of the molecule is O=S1(=O)C[C@@H](O)[C@H](Br)C1. The third-order valence-corrected chi connectivity index (χ3v) is 4.33. The maximum absolute atomic E-state index is 10.7. The summed E-state index contributed by atoms with van der Waals surface area (Å²) in [5.41, 5.74) is 0. The molecule has 1 aliphatic heterocycles. The van der Waals surface area contributed by atoms with E-state index in [1.54, 1.807) is 0 Å². The van der Waals surface area contributed by atoms with Crippen molar-refractivity contribution < 1.29 is 13.5 Å². The zero-order valence-corrected chi connectivity index (χ0v) is 7.02. The van der Waals surface area contributed by atoms with Gasteiger partial charge in [0.2, 0.25) is 0 Å². The van der Waals surface area contributed by atoms with Crippen LogP contribution in [0.15, 0.2) is 0 Å². The summed E-state index contributed by atoms with van der Waals surface area (Å²) in [6, 6.07) is 0. The van der Waals surface area contributed by atoms with Crippen LogP contribution in [0.25, 0.3) is 0 Å². The first-order valence-electron chi connectivity index (χ1n) is 2.54. The largest absolute Gasteiger partial charge is 0.391 e. The van der Waals surface area contributed by atoms with Gasteiger partial charge in [-0.25, -0.2) is 8.42 Å². The smallest absolute Gasteiger partial charge is 0.154 e. The Morgan fingerprint density at radius 3 is 2.11 bits per heavy atom. The highest BCUT2D eigenvalue weighted by Crippen LogP contribution is 2.18. The first-order valence-corrected chi connectivity index (χ1v) is 5.27. The molecule has 1 aliphatic rings. The summed E-state index contributed by atoms with van der Waals surface area (Å²) >= 11 is 3.05. The molecule has 0 radical (unpaired) electrons. The van der Waals surface area contributed by atoms with Gasteiger partial charge in [0.05, 0.1) is 22.4 Å². The molecule has 0 aliphatic carbocycles. The van der Waals surface area contributed by atoms with E-state index in [4.69, 9.17) is 5.11 Å². The summed E-state index contributed by atoms with van der Waals surface area (Å²) in [6.45, 7) is 0. The molecule has 1 heterocycles. The monoisotopic (exact) mass is 214 g/mol. The van der Waals surface area contributed by atoms with Crippen molar-refractivity contribution in [3.05, 3.63) is 0 Å². The molecule has 1 N–H and O–H groups in total. The topological polar surface area (TPSA) is 54.4 Å². The molecule has 1 fully saturated rings. The average molecular weight is 215 g/mol. The van der Waals surface area contributed by atoms with E-state index in [0.717, 1.165) is 0 Å². The number of aliphatic hydroxyl groups excluding tert-OH is 1. The summed E-state index contributed by atoms with van der Waals surface area (Å²) in [4.78, 5) is -0.262. The lowest BCUT2D eigenvalue weighted by Crippen LogP contribution is -2.16. The van der Waals surface area contributed by atoms with Crippen molar-refractivity contribution in [2.24, 2.45) is 0 Å². The van der Waals surface area contributed by atoms with E-state index in [2.05, 4.69) is 15.9 Å². The molecular weight excluding hydrogens is 208 g/mol. The minimum Gasteiger partial charge on any atom is -0.391 e. The summed E-state index contributed by atoms with van der Waals surface area (Å²) < 4.78 is 21.3. The summed E-state index contributed by atoms with van der Waals surface area (Å²) in [5.74, 6) is -0.0307. The molecule has 2 atom stereocenters. The molecule has 5 heteroatoms. The van der Waals surface area contributed by atoms with Gasteiger partial charge >= 0.3 is 0 Å². The van der Waals surface area contributed by atoms with Gasteiger partial charge in [0, 0.05) is 0 Å². The quantitative estimate of drug-likeness (QED) is 0.556. The minimum absolute atomic E-state index is 0.0637. The second kappa shape index (κ2) is 2.21. The second-order valence-electron chi connectivity index (χ2n) is 2.16. The molecule has 0 saturated carbocycles. The number of hydrogen-bond donors (Lipinski definition) is 1. The zero-order valence-electron chi connectivity index (χ0n) is 4.62. The number of halogens is 1. The fraction of sp³-hybridized carbons (Fsp3) is 1.00. The van der Waals surface area contributed by atoms with Crippen LogP contribution in [0, 0.1) is 0 Å². The Morgan fingerprint density at radius 1 is 1.44 bits per heavy atom. The molecule has 0 aromatic rings. The molecule has 0 aromatic carbocycles. The Balaban J connectivity index is 2.77. The van der Waals surface area contributed by atoms with Crippen molar-refractivity contribution in [2.75, 3.05) is 11.5 Å². The van der Waals surface area contributed by atoms with Crippen LogP contribution in [0.1, 0.15) is 0 Å². The first kappa shape index (κ1) is 7.50. The Labute approximate surface area is 62.1 Å². The molecule has 0 unspecified atom stereocenters. The Morgan fingerprint density at radius 2 is 2.00 bits per heavy atom. The van der Waals surface area contributed by atoms with E-state index in [-0.39, 0.29) is 16.3 Å². The van der Waals surface area contributed by atoms with Gasteiger partial charge in [-0.2, -0.15) is 0 Å². The highest BCUT2D eigenvalue weighted by Gasteiger charge is 2.34. The number of alkyl halides is 1. The van der Waals surface area contributed by atoms with E-state index >= 15 is 0 Å². The highest BCUT2D eigenvalue weighted by atomic mass is 79.9. The molecule has 0 spiro atoms. The number of sulfone groups is 1. The van der Waals surface area contributed by atoms with Gasteiger partial charge in [-0.3, -0.25) is 0 Å². The number of rotatable bonds is 0. The van der Waals surface area contributed by atoms with Crippen molar-refractivity contribution >= 4 is 25.8 Å². The van der Waals surface area contributed by atoms with E-state index in [0.29, 0.717) is 0 Å². The average Bonchev–Trinajstić information content (AvgIpc) is 1.79. The molecule has 1 rings (SSSR count). The lowest BCUT2D eigenvalue weighted by atomic mass is 10.3. The van der Waals surface area contributed by atoms with Gasteiger partial charge in [0.25, 0.3) is 0 Å².